The normalized spacial score (nSPS) is 12.5. The Bertz CT molecular complexity index is 719. The van der Waals surface area contributed by atoms with E-state index in [0.29, 0.717) is 5.02 Å². The Morgan fingerprint density at radius 3 is 2.63 bits per heavy atom. The highest BCUT2D eigenvalue weighted by atomic mass is 35.5. The Labute approximate surface area is 121 Å². The lowest BCUT2D eigenvalue weighted by Crippen LogP contribution is -1.95. The zero-order chi connectivity index (χ0) is 13.2. The number of hydrogen-bond donors (Lipinski definition) is 0. The summed E-state index contributed by atoms with van der Waals surface area (Å²) in [6.45, 7) is 0. The van der Waals surface area contributed by atoms with Gasteiger partial charge in [-0.1, -0.05) is 41.9 Å². The van der Waals surface area contributed by atoms with Crippen LogP contribution in [0.25, 0.3) is 10.9 Å². The van der Waals surface area contributed by atoms with Crippen LogP contribution in [0.15, 0.2) is 60.8 Å². The Balaban J connectivity index is 2.14. The molecule has 1 atom stereocenters. The van der Waals surface area contributed by atoms with Crippen molar-refractivity contribution in [1.29, 1.82) is 0 Å². The molecule has 0 fully saturated rings. The summed E-state index contributed by atoms with van der Waals surface area (Å²) in [5, 5.41) is 1.54. The van der Waals surface area contributed by atoms with Crippen molar-refractivity contribution in [2.45, 2.75) is 5.38 Å². The lowest BCUT2D eigenvalue weighted by molar-refractivity contribution is 1.15. The summed E-state index contributed by atoms with van der Waals surface area (Å²) < 4.78 is 0. The summed E-state index contributed by atoms with van der Waals surface area (Å²) in [6, 6.07) is 17.6. The molecule has 3 rings (SSSR count). The van der Waals surface area contributed by atoms with E-state index in [2.05, 4.69) is 4.98 Å². The third-order valence-corrected chi connectivity index (χ3v) is 3.82. The van der Waals surface area contributed by atoms with Gasteiger partial charge in [0.1, 0.15) is 0 Å². The summed E-state index contributed by atoms with van der Waals surface area (Å²) in [6.07, 6.45) is 1.79. The second-order valence-corrected chi connectivity index (χ2v) is 5.21. The molecule has 94 valence electrons. The molecule has 3 aromatic rings. The molecular weight excluding hydrogens is 277 g/mol. The number of para-hydroxylation sites is 1. The maximum atomic E-state index is 6.60. The third-order valence-electron chi connectivity index (χ3n) is 3.10. The van der Waals surface area contributed by atoms with Crippen molar-refractivity contribution in [3.05, 3.63) is 76.9 Å². The molecule has 2 aromatic carbocycles. The van der Waals surface area contributed by atoms with Gasteiger partial charge in [-0.05, 0) is 35.4 Å². The highest BCUT2D eigenvalue weighted by Gasteiger charge is 2.14. The number of benzene rings is 2. The Morgan fingerprint density at radius 1 is 0.947 bits per heavy atom. The highest BCUT2D eigenvalue weighted by Crippen LogP contribution is 2.33. The molecule has 0 aliphatic heterocycles. The van der Waals surface area contributed by atoms with E-state index in [-0.39, 0.29) is 5.38 Å². The van der Waals surface area contributed by atoms with Gasteiger partial charge >= 0.3 is 0 Å². The molecule has 0 aliphatic carbocycles. The van der Waals surface area contributed by atoms with Crippen LogP contribution in [0.3, 0.4) is 0 Å². The number of fused-ring (bicyclic) bond motifs is 1. The van der Waals surface area contributed by atoms with E-state index in [9.17, 15) is 0 Å². The fourth-order valence-electron chi connectivity index (χ4n) is 2.18. The van der Waals surface area contributed by atoms with Gasteiger partial charge in [0.25, 0.3) is 0 Å². The third kappa shape index (κ3) is 2.44. The van der Waals surface area contributed by atoms with Crippen LogP contribution in [0.5, 0.6) is 0 Å². The van der Waals surface area contributed by atoms with Crippen LogP contribution in [0.4, 0.5) is 0 Å². The molecule has 0 aliphatic rings. The van der Waals surface area contributed by atoms with Gasteiger partial charge in [-0.15, -0.1) is 11.6 Å². The minimum atomic E-state index is -0.230. The molecule has 0 radical (unpaired) electrons. The van der Waals surface area contributed by atoms with Crippen LogP contribution in [-0.2, 0) is 0 Å². The van der Waals surface area contributed by atoms with Crippen molar-refractivity contribution < 1.29 is 0 Å². The molecular formula is C16H11Cl2N. The molecule has 0 saturated carbocycles. The first-order chi connectivity index (χ1) is 9.25. The SMILES string of the molecule is Clc1cccc(C(Cl)c2ccnc3ccccc23)c1. The van der Waals surface area contributed by atoms with Crippen molar-refractivity contribution in [3.8, 4) is 0 Å². The van der Waals surface area contributed by atoms with E-state index < -0.39 is 0 Å². The average Bonchev–Trinajstić information content (AvgIpc) is 2.46. The average molecular weight is 288 g/mol. The monoisotopic (exact) mass is 287 g/mol. The molecule has 0 spiro atoms. The number of pyridine rings is 1. The van der Waals surface area contributed by atoms with Gasteiger partial charge in [0.2, 0.25) is 0 Å². The maximum Gasteiger partial charge on any atom is 0.0843 e. The molecule has 19 heavy (non-hydrogen) atoms. The van der Waals surface area contributed by atoms with E-state index in [4.69, 9.17) is 23.2 Å². The number of hydrogen-bond acceptors (Lipinski definition) is 1. The first-order valence-corrected chi connectivity index (χ1v) is 6.80. The minimum Gasteiger partial charge on any atom is -0.256 e. The zero-order valence-electron chi connectivity index (χ0n) is 10.1. The predicted octanol–water partition coefficient (Wildman–Crippen LogP) is 5.22. The van der Waals surface area contributed by atoms with Crippen molar-refractivity contribution in [3.63, 3.8) is 0 Å². The highest BCUT2D eigenvalue weighted by molar-refractivity contribution is 6.31. The lowest BCUT2D eigenvalue weighted by Gasteiger charge is -2.13. The molecule has 3 heteroatoms. The molecule has 1 nitrogen and oxygen atoms in total. The largest absolute Gasteiger partial charge is 0.256 e. The summed E-state index contributed by atoms with van der Waals surface area (Å²) in [5.41, 5.74) is 2.99. The van der Waals surface area contributed by atoms with Crippen molar-refractivity contribution >= 4 is 34.1 Å². The van der Waals surface area contributed by atoms with Gasteiger partial charge in [-0.2, -0.15) is 0 Å². The molecule has 0 amide bonds. The fraction of sp³-hybridized carbons (Fsp3) is 0.0625. The van der Waals surface area contributed by atoms with Gasteiger partial charge < -0.3 is 0 Å². The van der Waals surface area contributed by atoms with Gasteiger partial charge in [0.05, 0.1) is 10.9 Å². The topological polar surface area (TPSA) is 12.9 Å². The van der Waals surface area contributed by atoms with Crippen LogP contribution in [-0.4, -0.2) is 4.98 Å². The van der Waals surface area contributed by atoms with Crippen LogP contribution in [0.1, 0.15) is 16.5 Å². The summed E-state index contributed by atoms with van der Waals surface area (Å²) in [5.74, 6) is 0. The van der Waals surface area contributed by atoms with Gasteiger partial charge in [0, 0.05) is 16.6 Å². The fourth-order valence-corrected chi connectivity index (χ4v) is 2.71. The van der Waals surface area contributed by atoms with Gasteiger partial charge in [-0.3, -0.25) is 4.98 Å². The molecule has 1 aromatic heterocycles. The number of nitrogens with zero attached hydrogens (tertiary/aromatic N) is 1. The van der Waals surface area contributed by atoms with Gasteiger partial charge in [0.15, 0.2) is 0 Å². The molecule has 1 unspecified atom stereocenters. The quantitative estimate of drug-likeness (QED) is 0.589. The minimum absolute atomic E-state index is 0.230. The summed E-state index contributed by atoms with van der Waals surface area (Å²) >= 11 is 12.6. The number of halogens is 2. The van der Waals surface area contributed by atoms with E-state index in [0.717, 1.165) is 22.0 Å². The number of alkyl halides is 1. The first kappa shape index (κ1) is 12.5. The van der Waals surface area contributed by atoms with E-state index in [1.54, 1.807) is 6.20 Å². The van der Waals surface area contributed by atoms with Crippen LogP contribution in [0.2, 0.25) is 5.02 Å². The summed E-state index contributed by atoms with van der Waals surface area (Å²) in [4.78, 5) is 4.35. The van der Waals surface area contributed by atoms with Crippen LogP contribution >= 0.6 is 23.2 Å². The first-order valence-electron chi connectivity index (χ1n) is 5.99. The van der Waals surface area contributed by atoms with Crippen LogP contribution in [0, 0.1) is 0 Å². The van der Waals surface area contributed by atoms with E-state index in [1.165, 1.54) is 0 Å². The zero-order valence-corrected chi connectivity index (χ0v) is 11.6. The Hall–Kier alpha value is -1.57. The predicted molar refractivity (Wildman–Crippen MR) is 80.9 cm³/mol. The van der Waals surface area contributed by atoms with Crippen molar-refractivity contribution in [2.24, 2.45) is 0 Å². The molecule has 0 bridgehead atoms. The standard InChI is InChI=1S/C16H11Cl2N/c17-12-5-3-4-11(10-12)16(18)14-8-9-19-15-7-2-1-6-13(14)15/h1-10,16H. The van der Waals surface area contributed by atoms with Crippen molar-refractivity contribution in [1.82, 2.24) is 4.98 Å². The lowest BCUT2D eigenvalue weighted by atomic mass is 10.0. The van der Waals surface area contributed by atoms with Gasteiger partial charge in [-0.25, -0.2) is 0 Å². The number of aromatic nitrogens is 1. The molecule has 0 N–H and O–H groups in total. The Kier molecular flexibility index (Phi) is 3.41. The van der Waals surface area contributed by atoms with E-state index >= 15 is 0 Å². The smallest absolute Gasteiger partial charge is 0.0843 e. The number of rotatable bonds is 2. The Morgan fingerprint density at radius 2 is 1.79 bits per heavy atom. The van der Waals surface area contributed by atoms with Crippen LogP contribution < -0.4 is 0 Å². The molecule has 0 saturated heterocycles. The second kappa shape index (κ2) is 5.20. The van der Waals surface area contributed by atoms with E-state index in [1.807, 2.05) is 54.6 Å². The maximum absolute atomic E-state index is 6.60. The van der Waals surface area contributed by atoms with Crippen molar-refractivity contribution in [2.75, 3.05) is 0 Å². The summed E-state index contributed by atoms with van der Waals surface area (Å²) in [7, 11) is 0. The second-order valence-electron chi connectivity index (χ2n) is 4.33. The molecule has 1 heterocycles.